The SMILES string of the molecule is O=C(C[n+]1ccc2c(c1)CCCC2)c1ccccc1. The molecule has 0 aliphatic heterocycles. The molecule has 0 atom stereocenters. The maximum absolute atomic E-state index is 12.2. The van der Waals surface area contributed by atoms with Gasteiger partial charge in [0.15, 0.2) is 12.4 Å². The number of hydrogen-bond donors (Lipinski definition) is 0. The summed E-state index contributed by atoms with van der Waals surface area (Å²) in [5.74, 6) is 0.168. The van der Waals surface area contributed by atoms with Crippen molar-refractivity contribution in [2.45, 2.75) is 32.2 Å². The third-order valence-corrected chi connectivity index (χ3v) is 3.77. The molecule has 0 fully saturated rings. The number of ketones is 1. The van der Waals surface area contributed by atoms with Gasteiger partial charge in [0.25, 0.3) is 0 Å². The van der Waals surface area contributed by atoms with Crippen molar-refractivity contribution in [3.05, 3.63) is 65.5 Å². The highest BCUT2D eigenvalue weighted by atomic mass is 16.1. The molecule has 1 aliphatic rings. The van der Waals surface area contributed by atoms with Crippen LogP contribution in [0.5, 0.6) is 0 Å². The average molecular weight is 252 g/mol. The topological polar surface area (TPSA) is 20.9 Å². The van der Waals surface area contributed by atoms with E-state index in [9.17, 15) is 4.79 Å². The van der Waals surface area contributed by atoms with Crippen molar-refractivity contribution in [3.8, 4) is 0 Å². The van der Waals surface area contributed by atoms with Gasteiger partial charge in [0.05, 0.1) is 0 Å². The van der Waals surface area contributed by atoms with Crippen LogP contribution in [0.4, 0.5) is 0 Å². The van der Waals surface area contributed by atoms with Gasteiger partial charge in [0, 0.05) is 17.2 Å². The van der Waals surface area contributed by atoms with Crippen LogP contribution in [0, 0.1) is 0 Å². The normalized spacial score (nSPS) is 13.9. The van der Waals surface area contributed by atoms with Gasteiger partial charge in [0.2, 0.25) is 12.3 Å². The summed E-state index contributed by atoms with van der Waals surface area (Å²) in [6.45, 7) is 0.428. The van der Waals surface area contributed by atoms with E-state index in [2.05, 4.69) is 12.3 Å². The zero-order chi connectivity index (χ0) is 13.1. The molecule has 1 aromatic carbocycles. The van der Waals surface area contributed by atoms with E-state index in [0.717, 1.165) is 12.0 Å². The van der Waals surface area contributed by atoms with Gasteiger partial charge in [-0.1, -0.05) is 30.3 Å². The number of Topliss-reactive ketones (excluding diaryl/α,β-unsaturated/α-hetero) is 1. The summed E-state index contributed by atoms with van der Waals surface area (Å²) in [5.41, 5.74) is 3.65. The lowest BCUT2D eigenvalue weighted by molar-refractivity contribution is -0.683. The van der Waals surface area contributed by atoms with Crippen LogP contribution in [0.15, 0.2) is 48.8 Å². The first kappa shape index (κ1) is 12.1. The minimum absolute atomic E-state index is 0.168. The number of carbonyl (C=O) groups is 1. The van der Waals surface area contributed by atoms with Crippen LogP contribution in [-0.4, -0.2) is 5.78 Å². The predicted molar refractivity (Wildman–Crippen MR) is 74.1 cm³/mol. The Morgan fingerprint density at radius 2 is 1.74 bits per heavy atom. The molecule has 19 heavy (non-hydrogen) atoms. The summed E-state index contributed by atoms with van der Waals surface area (Å²) in [6, 6.07) is 11.7. The summed E-state index contributed by atoms with van der Waals surface area (Å²) in [5, 5.41) is 0. The van der Waals surface area contributed by atoms with Crippen LogP contribution in [0.2, 0.25) is 0 Å². The van der Waals surface area contributed by atoms with Crippen molar-refractivity contribution >= 4 is 5.78 Å². The Kier molecular flexibility index (Phi) is 3.41. The van der Waals surface area contributed by atoms with Gasteiger partial charge < -0.3 is 0 Å². The molecule has 0 bridgehead atoms. The fraction of sp³-hybridized carbons (Fsp3) is 0.294. The number of rotatable bonds is 3. The first-order valence-electron chi connectivity index (χ1n) is 6.92. The molecule has 2 nitrogen and oxygen atoms in total. The lowest BCUT2D eigenvalue weighted by atomic mass is 9.93. The smallest absolute Gasteiger partial charge is 0.227 e. The summed E-state index contributed by atoms with van der Waals surface area (Å²) in [4.78, 5) is 12.2. The van der Waals surface area contributed by atoms with Gasteiger partial charge in [-0.05, 0) is 31.2 Å². The monoisotopic (exact) mass is 252 g/mol. The standard InChI is InChI=1S/C17H18NO/c19-17(15-7-2-1-3-8-15)13-18-11-10-14-6-4-5-9-16(14)12-18/h1-3,7-8,10-12H,4-6,9,13H2/q+1. The Bertz CT molecular complexity index is 589. The number of hydrogen-bond acceptors (Lipinski definition) is 1. The average Bonchev–Trinajstić information content (AvgIpc) is 2.48. The Morgan fingerprint density at radius 3 is 2.53 bits per heavy atom. The molecule has 2 aromatic rings. The Balaban J connectivity index is 1.78. The van der Waals surface area contributed by atoms with Gasteiger partial charge in [-0.15, -0.1) is 0 Å². The fourth-order valence-corrected chi connectivity index (χ4v) is 2.70. The number of aryl methyl sites for hydroxylation is 2. The summed E-state index contributed by atoms with van der Waals surface area (Å²) >= 11 is 0. The predicted octanol–water partition coefficient (Wildman–Crippen LogP) is 2.74. The Hall–Kier alpha value is -1.96. The molecule has 3 rings (SSSR count). The van der Waals surface area contributed by atoms with E-state index in [4.69, 9.17) is 0 Å². The van der Waals surface area contributed by atoms with Gasteiger partial charge >= 0.3 is 0 Å². The lowest BCUT2D eigenvalue weighted by Gasteiger charge is -2.13. The number of aromatic nitrogens is 1. The Labute approximate surface area is 113 Å². The lowest BCUT2D eigenvalue weighted by Crippen LogP contribution is -2.38. The Morgan fingerprint density at radius 1 is 1.00 bits per heavy atom. The van der Waals surface area contributed by atoms with Gasteiger partial charge in [-0.3, -0.25) is 4.79 Å². The van der Waals surface area contributed by atoms with E-state index >= 15 is 0 Å². The van der Waals surface area contributed by atoms with Crippen LogP contribution < -0.4 is 4.57 Å². The second-order valence-corrected chi connectivity index (χ2v) is 5.16. The van der Waals surface area contributed by atoms with E-state index in [1.807, 2.05) is 41.1 Å². The highest BCUT2D eigenvalue weighted by molar-refractivity contribution is 5.94. The highest BCUT2D eigenvalue weighted by Crippen LogP contribution is 2.18. The minimum Gasteiger partial charge on any atom is -0.287 e. The van der Waals surface area contributed by atoms with Crippen molar-refractivity contribution in [1.29, 1.82) is 0 Å². The summed E-state index contributed by atoms with van der Waals surface area (Å²) in [6.07, 6.45) is 9.07. The summed E-state index contributed by atoms with van der Waals surface area (Å²) < 4.78 is 2.01. The molecule has 1 heterocycles. The summed E-state index contributed by atoms with van der Waals surface area (Å²) in [7, 11) is 0. The maximum Gasteiger partial charge on any atom is 0.227 e. The quantitative estimate of drug-likeness (QED) is 0.608. The zero-order valence-electron chi connectivity index (χ0n) is 11.0. The second kappa shape index (κ2) is 5.35. The van der Waals surface area contributed by atoms with E-state index in [1.54, 1.807) is 0 Å². The molecule has 0 radical (unpaired) electrons. The van der Waals surface area contributed by atoms with Gasteiger partial charge in [0.1, 0.15) is 0 Å². The van der Waals surface area contributed by atoms with E-state index in [1.165, 1.54) is 30.4 Å². The number of carbonyl (C=O) groups excluding carboxylic acids is 1. The first-order valence-corrected chi connectivity index (χ1v) is 6.92. The van der Waals surface area contributed by atoms with Gasteiger partial charge in [-0.2, -0.15) is 4.57 Å². The fourth-order valence-electron chi connectivity index (χ4n) is 2.70. The largest absolute Gasteiger partial charge is 0.287 e. The third-order valence-electron chi connectivity index (χ3n) is 3.77. The molecule has 1 aliphatic carbocycles. The minimum atomic E-state index is 0.168. The van der Waals surface area contributed by atoms with Crippen LogP contribution in [-0.2, 0) is 19.4 Å². The highest BCUT2D eigenvalue weighted by Gasteiger charge is 2.16. The molecule has 0 saturated heterocycles. The van der Waals surface area contributed by atoms with Crippen molar-refractivity contribution in [1.82, 2.24) is 0 Å². The molecular weight excluding hydrogens is 234 g/mol. The molecule has 0 unspecified atom stereocenters. The number of nitrogens with zero attached hydrogens (tertiary/aromatic N) is 1. The van der Waals surface area contributed by atoms with Crippen molar-refractivity contribution in [3.63, 3.8) is 0 Å². The van der Waals surface area contributed by atoms with Gasteiger partial charge in [-0.25, -0.2) is 0 Å². The number of benzene rings is 1. The van der Waals surface area contributed by atoms with Crippen molar-refractivity contribution in [2.24, 2.45) is 0 Å². The molecule has 0 spiro atoms. The second-order valence-electron chi connectivity index (χ2n) is 5.16. The van der Waals surface area contributed by atoms with Crippen LogP contribution in [0.3, 0.4) is 0 Å². The third kappa shape index (κ3) is 2.73. The van der Waals surface area contributed by atoms with E-state index in [-0.39, 0.29) is 5.78 Å². The molecule has 0 saturated carbocycles. The first-order chi connectivity index (χ1) is 9.33. The zero-order valence-corrected chi connectivity index (χ0v) is 11.0. The molecule has 96 valence electrons. The number of pyridine rings is 1. The molecule has 0 amide bonds. The molecule has 2 heteroatoms. The van der Waals surface area contributed by atoms with Crippen molar-refractivity contribution in [2.75, 3.05) is 0 Å². The molecule has 0 N–H and O–H groups in total. The van der Waals surface area contributed by atoms with Crippen LogP contribution in [0.25, 0.3) is 0 Å². The molecular formula is C17H18NO+. The van der Waals surface area contributed by atoms with Crippen LogP contribution >= 0.6 is 0 Å². The number of fused-ring (bicyclic) bond motifs is 1. The van der Waals surface area contributed by atoms with Crippen molar-refractivity contribution < 1.29 is 9.36 Å². The van der Waals surface area contributed by atoms with E-state index < -0.39 is 0 Å². The molecule has 1 aromatic heterocycles. The maximum atomic E-state index is 12.2. The van der Waals surface area contributed by atoms with E-state index in [0.29, 0.717) is 6.54 Å². The van der Waals surface area contributed by atoms with Crippen LogP contribution in [0.1, 0.15) is 34.3 Å².